The van der Waals surface area contributed by atoms with Gasteiger partial charge in [-0.3, -0.25) is 19.3 Å². The van der Waals surface area contributed by atoms with Crippen molar-refractivity contribution >= 4 is 23.2 Å². The van der Waals surface area contributed by atoms with Crippen molar-refractivity contribution in [3.63, 3.8) is 0 Å². The number of hydrogen-bond donors (Lipinski definition) is 5. The smallest absolute Gasteiger partial charge is 0.255 e. The summed E-state index contributed by atoms with van der Waals surface area (Å²) >= 11 is 0. The van der Waals surface area contributed by atoms with E-state index in [1.807, 2.05) is 24.3 Å². The number of Topliss-reactive ketones (excluding diaryl/α,β-unsaturated/α-hetero) is 2. The lowest BCUT2D eigenvalue weighted by Gasteiger charge is -2.54. The van der Waals surface area contributed by atoms with Gasteiger partial charge in [0, 0.05) is 16.9 Å². The molecule has 4 atom stereocenters. The molecule has 9 nitrogen and oxygen atoms in total. The second-order valence-corrected chi connectivity index (χ2v) is 13.0. The minimum absolute atomic E-state index is 0.0107. The van der Waals surface area contributed by atoms with Gasteiger partial charge < -0.3 is 26.2 Å². The van der Waals surface area contributed by atoms with E-state index in [0.29, 0.717) is 5.56 Å². The van der Waals surface area contributed by atoms with Gasteiger partial charge in [-0.05, 0) is 60.7 Å². The summed E-state index contributed by atoms with van der Waals surface area (Å²) in [7, 11) is 3.15. The van der Waals surface area contributed by atoms with Gasteiger partial charge in [0.15, 0.2) is 11.4 Å². The molecule has 0 radical (unpaired) electrons. The number of amides is 1. The number of hydrogen-bond acceptors (Lipinski definition) is 8. The molecule has 2 aromatic carbocycles. The summed E-state index contributed by atoms with van der Waals surface area (Å²) in [6.07, 6.45) is 0.211. The number of fused-ring (bicyclic) bond motifs is 3. The average molecular weight is 561 g/mol. The summed E-state index contributed by atoms with van der Waals surface area (Å²) in [5.41, 5.74) is 4.03. The predicted octanol–water partition coefficient (Wildman–Crippen LogP) is 3.32. The van der Waals surface area contributed by atoms with E-state index in [-0.39, 0.29) is 35.1 Å². The average Bonchev–Trinajstić information content (AvgIpc) is 2.85. The van der Waals surface area contributed by atoms with Crippen LogP contribution in [0.15, 0.2) is 53.3 Å². The molecule has 9 heteroatoms. The van der Waals surface area contributed by atoms with Gasteiger partial charge in [0.2, 0.25) is 5.78 Å². The molecule has 0 saturated heterocycles. The van der Waals surface area contributed by atoms with Crippen LogP contribution in [0.25, 0.3) is 16.9 Å². The lowest BCUT2D eigenvalue weighted by Crippen LogP contribution is -2.67. The van der Waals surface area contributed by atoms with E-state index in [4.69, 9.17) is 5.73 Å². The number of carbonyl (C=O) groups is 3. The number of ketones is 2. The highest BCUT2D eigenvalue weighted by Crippen LogP contribution is 2.58. The van der Waals surface area contributed by atoms with Crippen molar-refractivity contribution in [2.45, 2.75) is 57.6 Å². The normalized spacial score (nSPS) is 28.0. The van der Waals surface area contributed by atoms with Gasteiger partial charge in [-0.1, -0.05) is 58.0 Å². The number of rotatable bonds is 3. The van der Waals surface area contributed by atoms with Crippen molar-refractivity contribution in [1.82, 2.24) is 4.90 Å². The van der Waals surface area contributed by atoms with Crippen molar-refractivity contribution in [2.24, 2.45) is 17.1 Å². The number of nitrogens with zero attached hydrogens (tertiary/aromatic N) is 1. The molecule has 0 heterocycles. The Labute approximate surface area is 238 Å². The van der Waals surface area contributed by atoms with E-state index in [1.54, 1.807) is 27.1 Å². The largest absolute Gasteiger partial charge is 0.508 e. The third kappa shape index (κ3) is 3.94. The summed E-state index contributed by atoms with van der Waals surface area (Å²) in [5.74, 6) is -6.08. The van der Waals surface area contributed by atoms with Crippen LogP contribution >= 0.6 is 0 Å². The molecule has 0 bridgehead atoms. The Morgan fingerprint density at radius 2 is 1.63 bits per heavy atom. The Bertz CT molecular complexity index is 1580. The van der Waals surface area contributed by atoms with Gasteiger partial charge in [-0.25, -0.2) is 0 Å². The summed E-state index contributed by atoms with van der Waals surface area (Å²) in [6.45, 7) is 8.12. The molecular weight excluding hydrogens is 524 g/mol. The third-order valence-corrected chi connectivity index (χ3v) is 9.07. The van der Waals surface area contributed by atoms with E-state index in [9.17, 15) is 34.8 Å². The van der Waals surface area contributed by atoms with E-state index < -0.39 is 57.5 Å². The Kier molecular flexibility index (Phi) is 6.29. The minimum Gasteiger partial charge on any atom is -0.508 e. The topological polar surface area (TPSA) is 161 Å². The number of phenolic OH excluding ortho intramolecular Hbond substituents is 1. The number of nitrogens with two attached hydrogens (primary N) is 1. The fourth-order valence-corrected chi connectivity index (χ4v) is 7.03. The van der Waals surface area contributed by atoms with Crippen LogP contribution in [0.1, 0.15) is 50.8 Å². The quantitative estimate of drug-likeness (QED) is 0.357. The second kappa shape index (κ2) is 9.03. The van der Waals surface area contributed by atoms with Gasteiger partial charge in [-0.15, -0.1) is 0 Å². The molecule has 6 N–H and O–H groups in total. The zero-order valence-corrected chi connectivity index (χ0v) is 24.1. The second-order valence-electron chi connectivity index (χ2n) is 13.0. The molecule has 0 spiro atoms. The zero-order chi connectivity index (χ0) is 30.4. The van der Waals surface area contributed by atoms with Gasteiger partial charge in [-0.2, -0.15) is 0 Å². The zero-order valence-electron chi connectivity index (χ0n) is 24.1. The number of phenols is 1. The maximum absolute atomic E-state index is 14.2. The first-order chi connectivity index (χ1) is 18.9. The van der Waals surface area contributed by atoms with Crippen LogP contribution in [0, 0.1) is 11.3 Å². The number of primary amides is 1. The van der Waals surface area contributed by atoms with Crippen LogP contribution in [0.3, 0.4) is 0 Å². The number of aliphatic hydroxyl groups excluding tert-OH is 2. The first-order valence-electron chi connectivity index (χ1n) is 13.6. The molecule has 3 aliphatic carbocycles. The molecule has 5 rings (SSSR count). The van der Waals surface area contributed by atoms with E-state index >= 15 is 0 Å². The van der Waals surface area contributed by atoms with Crippen LogP contribution < -0.4 is 5.73 Å². The van der Waals surface area contributed by atoms with Crippen LogP contribution in [0.4, 0.5) is 0 Å². The van der Waals surface area contributed by atoms with E-state index in [2.05, 4.69) is 20.8 Å². The molecule has 1 fully saturated rings. The molecule has 216 valence electrons. The fraction of sp³-hybridized carbons (Fsp3) is 0.406. The van der Waals surface area contributed by atoms with Gasteiger partial charge in [0.05, 0.1) is 11.6 Å². The maximum Gasteiger partial charge on any atom is 0.255 e. The highest BCUT2D eigenvalue weighted by atomic mass is 16.3. The molecule has 1 amide bonds. The van der Waals surface area contributed by atoms with Crippen LogP contribution in [0.5, 0.6) is 5.75 Å². The van der Waals surface area contributed by atoms with Crippen molar-refractivity contribution in [2.75, 3.05) is 14.1 Å². The Balaban J connectivity index is 1.74. The van der Waals surface area contributed by atoms with E-state index in [1.165, 1.54) is 11.0 Å². The van der Waals surface area contributed by atoms with Gasteiger partial charge in [0.25, 0.3) is 5.91 Å². The third-order valence-electron chi connectivity index (χ3n) is 9.07. The van der Waals surface area contributed by atoms with Crippen molar-refractivity contribution in [3.8, 4) is 16.9 Å². The number of aliphatic hydroxyl groups is 3. The van der Waals surface area contributed by atoms with Gasteiger partial charge >= 0.3 is 0 Å². The van der Waals surface area contributed by atoms with Crippen LogP contribution in [-0.4, -0.2) is 68.5 Å². The first-order valence-corrected chi connectivity index (χ1v) is 13.6. The van der Waals surface area contributed by atoms with Crippen LogP contribution in [-0.2, 0) is 26.2 Å². The van der Waals surface area contributed by atoms with Crippen LogP contribution in [0.2, 0.25) is 0 Å². The highest BCUT2D eigenvalue weighted by molar-refractivity contribution is 6.24. The molecule has 0 aliphatic heterocycles. The highest BCUT2D eigenvalue weighted by Gasteiger charge is 2.66. The predicted molar refractivity (Wildman–Crippen MR) is 153 cm³/mol. The number of likely N-dealkylation sites (N-methyl/N-ethyl adjacent to an activating group) is 1. The minimum atomic E-state index is -2.68. The van der Waals surface area contributed by atoms with Crippen molar-refractivity contribution < 1.29 is 34.8 Å². The summed E-state index contributed by atoms with van der Waals surface area (Å²) in [5, 5.41) is 45.4. The SMILES string of the molecule is CN(C)C1C(=O)C(C(N)=O)=C(O)[C@@]2(O)C(=O)C3=C(O)c4c(O)ccc(-c5ccc(C(C)(C)C)cc5)c4C[C@@]3(C)C[C@@H]12. The first kappa shape index (κ1) is 28.6. The van der Waals surface area contributed by atoms with Crippen molar-refractivity contribution in [3.05, 3.63) is 70.0 Å². The molecule has 41 heavy (non-hydrogen) atoms. The Morgan fingerprint density at radius 3 is 2.17 bits per heavy atom. The molecule has 3 aliphatic rings. The monoisotopic (exact) mass is 560 g/mol. The lowest BCUT2D eigenvalue weighted by molar-refractivity contribution is -0.156. The maximum atomic E-state index is 14.2. The standard InChI is InChI=1S/C32H36N2O7/c1-30(2,3)16-9-7-15(8-10-16)17-11-12-20(35)21-18(17)13-31(4)14-19-24(34(5)6)26(37)22(29(33)40)27(38)32(19,41)28(39)23(31)25(21)36/h7-12,19,24,35-36,38,41H,13-14H2,1-6H3,(H2,33,40)/t19-,24?,31-,32+/m0/s1. The van der Waals surface area contributed by atoms with E-state index in [0.717, 1.165) is 16.7 Å². The molecular formula is C32H36N2O7. The molecule has 1 unspecified atom stereocenters. The molecule has 2 aromatic rings. The number of carbonyl (C=O) groups excluding carboxylic acids is 3. The van der Waals surface area contributed by atoms with Crippen molar-refractivity contribution in [1.29, 1.82) is 0 Å². The van der Waals surface area contributed by atoms with Gasteiger partial charge in [0.1, 0.15) is 22.8 Å². The summed E-state index contributed by atoms with van der Waals surface area (Å²) in [6, 6.07) is 10.1. The fourth-order valence-electron chi connectivity index (χ4n) is 7.03. The Morgan fingerprint density at radius 1 is 1.02 bits per heavy atom. The Hall–Kier alpha value is -3.95. The molecule has 1 saturated carbocycles. The summed E-state index contributed by atoms with van der Waals surface area (Å²) in [4.78, 5) is 41.2. The summed E-state index contributed by atoms with van der Waals surface area (Å²) < 4.78 is 0. The lowest BCUT2D eigenvalue weighted by atomic mass is 9.52. The molecule has 0 aromatic heterocycles. The number of aromatic hydroxyl groups is 1. The number of benzene rings is 2.